The van der Waals surface area contributed by atoms with Gasteiger partial charge in [-0.1, -0.05) is 43.9 Å². The van der Waals surface area contributed by atoms with Crippen molar-refractivity contribution in [2.45, 2.75) is 39.0 Å². The van der Waals surface area contributed by atoms with Gasteiger partial charge in [-0.25, -0.2) is 4.57 Å². The number of pyridine rings is 1. The lowest BCUT2D eigenvalue weighted by atomic mass is 9.93. The average Bonchev–Trinajstić information content (AvgIpc) is 2.93. The van der Waals surface area contributed by atoms with Crippen LogP contribution in [0.5, 0.6) is 0 Å². The lowest BCUT2D eigenvalue weighted by Gasteiger charge is -2.13. The number of hydrogen-bond acceptors (Lipinski definition) is 0. The van der Waals surface area contributed by atoms with Gasteiger partial charge in [0.15, 0.2) is 6.20 Å². The molecule has 0 bridgehead atoms. The zero-order valence-electron chi connectivity index (χ0n) is 12.6. The van der Waals surface area contributed by atoms with E-state index in [1.807, 2.05) is 0 Å². The molecule has 0 aliphatic heterocycles. The summed E-state index contributed by atoms with van der Waals surface area (Å²) in [5.41, 5.74) is 5.65. The van der Waals surface area contributed by atoms with Gasteiger partial charge in [0.1, 0.15) is 7.05 Å². The monoisotopic (exact) mass is 266 g/mol. The minimum Gasteiger partial charge on any atom is -0.201 e. The molecule has 0 radical (unpaired) electrons. The zero-order valence-corrected chi connectivity index (χ0v) is 12.6. The third-order valence-corrected chi connectivity index (χ3v) is 4.65. The molecule has 1 aromatic heterocycles. The summed E-state index contributed by atoms with van der Waals surface area (Å²) in [4.78, 5) is 0. The number of aryl methyl sites for hydroxylation is 2. The Labute approximate surface area is 122 Å². The van der Waals surface area contributed by atoms with Gasteiger partial charge >= 0.3 is 0 Å². The van der Waals surface area contributed by atoms with Crippen LogP contribution < -0.4 is 4.57 Å². The zero-order chi connectivity index (χ0) is 13.9. The largest absolute Gasteiger partial charge is 0.215 e. The van der Waals surface area contributed by atoms with E-state index < -0.39 is 0 Å². The minimum absolute atomic E-state index is 0.889. The molecule has 1 saturated carbocycles. The Hall–Kier alpha value is -1.63. The van der Waals surface area contributed by atoms with E-state index in [1.54, 1.807) is 0 Å². The summed E-state index contributed by atoms with van der Waals surface area (Å²) in [6.07, 6.45) is 9.06. The van der Waals surface area contributed by atoms with Crippen LogP contribution >= 0.6 is 0 Å². The van der Waals surface area contributed by atoms with Gasteiger partial charge in [-0.2, -0.15) is 0 Å². The van der Waals surface area contributed by atoms with E-state index in [-0.39, 0.29) is 0 Å². The molecule has 1 nitrogen and oxygen atoms in total. The predicted molar refractivity (Wildman–Crippen MR) is 83.5 cm³/mol. The van der Waals surface area contributed by atoms with Crippen LogP contribution in [-0.4, -0.2) is 0 Å². The Morgan fingerprint density at radius 2 is 1.80 bits per heavy atom. The molecule has 0 unspecified atom stereocenters. The third kappa shape index (κ3) is 2.63. The van der Waals surface area contributed by atoms with Crippen LogP contribution in [0.3, 0.4) is 0 Å². The lowest BCUT2D eigenvalue weighted by Crippen LogP contribution is -2.32. The van der Waals surface area contributed by atoms with Crippen LogP contribution in [0.2, 0.25) is 0 Å². The van der Waals surface area contributed by atoms with Crippen molar-refractivity contribution in [3.8, 4) is 11.3 Å². The Morgan fingerprint density at radius 1 is 1.05 bits per heavy atom. The molecule has 20 heavy (non-hydrogen) atoms. The summed E-state index contributed by atoms with van der Waals surface area (Å²) in [6, 6.07) is 13.2. The molecule has 1 aromatic carbocycles. The maximum absolute atomic E-state index is 2.32. The molecular formula is C19H24N+. The van der Waals surface area contributed by atoms with Crippen molar-refractivity contribution in [1.29, 1.82) is 0 Å². The summed E-state index contributed by atoms with van der Waals surface area (Å²) in [6.45, 7) is 2.21. The van der Waals surface area contributed by atoms with Crippen LogP contribution in [-0.2, 0) is 13.5 Å². The van der Waals surface area contributed by atoms with Crippen LogP contribution in [0, 0.1) is 12.8 Å². The smallest absolute Gasteiger partial charge is 0.201 e. The summed E-state index contributed by atoms with van der Waals surface area (Å²) in [7, 11) is 2.17. The van der Waals surface area contributed by atoms with Crippen molar-refractivity contribution in [3.05, 3.63) is 53.7 Å². The molecule has 2 aromatic rings. The van der Waals surface area contributed by atoms with E-state index in [0.29, 0.717) is 0 Å². The van der Waals surface area contributed by atoms with Gasteiger partial charge in [0.2, 0.25) is 5.69 Å². The van der Waals surface area contributed by atoms with E-state index in [9.17, 15) is 0 Å². The van der Waals surface area contributed by atoms with E-state index in [1.165, 1.54) is 54.5 Å². The Bertz CT molecular complexity index is 594. The van der Waals surface area contributed by atoms with E-state index in [2.05, 4.69) is 61.1 Å². The lowest BCUT2D eigenvalue weighted by molar-refractivity contribution is -0.660. The van der Waals surface area contributed by atoms with Crippen molar-refractivity contribution in [2.75, 3.05) is 0 Å². The average molecular weight is 266 g/mol. The molecule has 0 amide bonds. The first-order valence-electron chi connectivity index (χ1n) is 7.79. The molecule has 0 saturated heterocycles. The number of aromatic nitrogens is 1. The Morgan fingerprint density at radius 3 is 2.55 bits per heavy atom. The topological polar surface area (TPSA) is 3.88 Å². The highest BCUT2D eigenvalue weighted by Crippen LogP contribution is 2.31. The van der Waals surface area contributed by atoms with Crippen molar-refractivity contribution < 1.29 is 4.57 Å². The van der Waals surface area contributed by atoms with Gasteiger partial charge in [0, 0.05) is 17.2 Å². The molecular weight excluding hydrogens is 242 g/mol. The number of nitrogens with zero attached hydrogens (tertiary/aromatic N) is 1. The SMILES string of the molecule is Cc1ccccc1-c1c(CC2CCCC2)ccc[n+]1C. The number of hydrogen-bond donors (Lipinski definition) is 0. The van der Waals surface area contributed by atoms with Gasteiger partial charge in [0.05, 0.1) is 0 Å². The minimum atomic E-state index is 0.889. The van der Waals surface area contributed by atoms with Crippen LogP contribution in [0.4, 0.5) is 0 Å². The fourth-order valence-electron chi connectivity index (χ4n) is 3.56. The second kappa shape index (κ2) is 5.78. The highest BCUT2D eigenvalue weighted by molar-refractivity contribution is 5.64. The third-order valence-electron chi connectivity index (χ3n) is 4.65. The summed E-state index contributed by atoms with van der Waals surface area (Å²) in [5, 5.41) is 0. The van der Waals surface area contributed by atoms with E-state index >= 15 is 0 Å². The molecule has 0 N–H and O–H groups in total. The van der Waals surface area contributed by atoms with Crippen molar-refractivity contribution in [1.82, 2.24) is 0 Å². The van der Waals surface area contributed by atoms with Gasteiger partial charge in [-0.15, -0.1) is 0 Å². The maximum atomic E-state index is 2.32. The highest BCUT2D eigenvalue weighted by Gasteiger charge is 2.22. The predicted octanol–water partition coefficient (Wildman–Crippen LogP) is 4.22. The molecule has 3 rings (SSSR count). The molecule has 0 atom stereocenters. The first-order chi connectivity index (χ1) is 9.75. The van der Waals surface area contributed by atoms with Gasteiger partial charge in [0.25, 0.3) is 0 Å². The Kier molecular flexibility index (Phi) is 3.86. The van der Waals surface area contributed by atoms with Crippen molar-refractivity contribution in [2.24, 2.45) is 13.0 Å². The van der Waals surface area contributed by atoms with Gasteiger partial charge in [-0.05, 0) is 37.0 Å². The van der Waals surface area contributed by atoms with Crippen molar-refractivity contribution in [3.63, 3.8) is 0 Å². The van der Waals surface area contributed by atoms with E-state index in [0.717, 1.165) is 5.92 Å². The molecule has 1 aliphatic carbocycles. The normalized spacial score (nSPS) is 15.7. The molecule has 1 fully saturated rings. The standard InChI is InChI=1S/C19H24N/c1-15-8-3-6-12-18(15)19-17(11-7-13-20(19)2)14-16-9-4-5-10-16/h3,6-8,11-13,16H,4-5,9-10,14H2,1-2H3/q+1. The fraction of sp³-hybridized carbons (Fsp3) is 0.421. The highest BCUT2D eigenvalue weighted by atomic mass is 14.9. The first-order valence-corrected chi connectivity index (χ1v) is 7.79. The number of benzene rings is 1. The molecule has 1 heterocycles. The van der Waals surface area contributed by atoms with Crippen molar-refractivity contribution >= 4 is 0 Å². The summed E-state index contributed by atoms with van der Waals surface area (Å²) < 4.78 is 2.28. The second-order valence-corrected chi connectivity index (χ2v) is 6.16. The Balaban J connectivity index is 2.02. The molecule has 104 valence electrons. The van der Waals surface area contributed by atoms with Crippen LogP contribution in [0.15, 0.2) is 42.6 Å². The van der Waals surface area contributed by atoms with Crippen LogP contribution in [0.1, 0.15) is 36.8 Å². The molecule has 1 aliphatic rings. The number of rotatable bonds is 3. The summed E-state index contributed by atoms with van der Waals surface area (Å²) >= 11 is 0. The quantitative estimate of drug-likeness (QED) is 0.732. The second-order valence-electron chi connectivity index (χ2n) is 6.16. The van der Waals surface area contributed by atoms with Crippen LogP contribution in [0.25, 0.3) is 11.3 Å². The first kappa shape index (κ1) is 13.4. The molecule has 0 spiro atoms. The fourth-order valence-corrected chi connectivity index (χ4v) is 3.56. The summed E-state index contributed by atoms with van der Waals surface area (Å²) in [5.74, 6) is 0.889. The van der Waals surface area contributed by atoms with E-state index in [4.69, 9.17) is 0 Å². The van der Waals surface area contributed by atoms with Gasteiger partial charge in [-0.3, -0.25) is 0 Å². The van der Waals surface area contributed by atoms with Gasteiger partial charge < -0.3 is 0 Å². The molecule has 1 heteroatoms. The maximum Gasteiger partial charge on any atom is 0.215 e.